The minimum Gasteiger partial charge on any atom is -0.312 e. The van der Waals surface area contributed by atoms with Crippen LogP contribution in [-0.4, -0.2) is 12.8 Å². The summed E-state index contributed by atoms with van der Waals surface area (Å²) < 4.78 is 28.5. The Balaban J connectivity index is 2.13. The zero-order valence-electron chi connectivity index (χ0n) is 10.9. The molecule has 0 amide bonds. The van der Waals surface area contributed by atoms with Crippen molar-refractivity contribution in [2.45, 2.75) is 10.9 Å². The molecule has 0 bridgehead atoms. The molecule has 0 saturated heterocycles. The monoisotopic (exact) mass is 357 g/mol. The van der Waals surface area contributed by atoms with Crippen molar-refractivity contribution in [2.75, 3.05) is 12.8 Å². The van der Waals surface area contributed by atoms with Crippen LogP contribution in [0.25, 0.3) is 0 Å². The molecule has 0 heterocycles. The molecule has 0 aliphatic heterocycles. The Morgan fingerprint density at radius 3 is 2.40 bits per heavy atom. The van der Waals surface area contributed by atoms with Gasteiger partial charge >= 0.3 is 0 Å². The van der Waals surface area contributed by atoms with E-state index in [0.717, 1.165) is 9.37 Å². The maximum atomic E-state index is 13.8. The molecule has 0 fully saturated rings. The van der Waals surface area contributed by atoms with Crippen molar-refractivity contribution in [3.63, 3.8) is 0 Å². The van der Waals surface area contributed by atoms with Crippen molar-refractivity contribution >= 4 is 27.7 Å². The van der Waals surface area contributed by atoms with Crippen LogP contribution >= 0.6 is 27.7 Å². The van der Waals surface area contributed by atoms with Crippen LogP contribution in [0.5, 0.6) is 0 Å². The van der Waals surface area contributed by atoms with Crippen molar-refractivity contribution in [2.24, 2.45) is 0 Å². The molecular weight excluding hydrogens is 344 g/mol. The molecule has 1 N–H and O–H groups in total. The maximum absolute atomic E-state index is 13.8. The van der Waals surface area contributed by atoms with Gasteiger partial charge in [0.05, 0.1) is 0 Å². The molecule has 0 spiro atoms. The molecule has 0 aromatic heterocycles. The Hall–Kier alpha value is -0.910. The van der Waals surface area contributed by atoms with Gasteiger partial charge in [0.2, 0.25) is 0 Å². The lowest BCUT2D eigenvalue weighted by Gasteiger charge is -2.17. The minimum atomic E-state index is -0.515. The van der Waals surface area contributed by atoms with Crippen LogP contribution < -0.4 is 5.32 Å². The molecule has 0 aliphatic carbocycles. The number of rotatable bonds is 5. The highest BCUT2D eigenvalue weighted by Gasteiger charge is 2.18. The van der Waals surface area contributed by atoms with Gasteiger partial charge in [0, 0.05) is 26.7 Å². The van der Waals surface area contributed by atoms with Crippen LogP contribution in [0, 0.1) is 11.6 Å². The summed E-state index contributed by atoms with van der Waals surface area (Å²) in [6.07, 6.45) is 0. The van der Waals surface area contributed by atoms with Crippen LogP contribution in [0.15, 0.2) is 51.8 Å². The largest absolute Gasteiger partial charge is 0.312 e. The van der Waals surface area contributed by atoms with Crippen LogP contribution in [0.4, 0.5) is 8.78 Å². The van der Waals surface area contributed by atoms with Crippen molar-refractivity contribution in [3.8, 4) is 0 Å². The van der Waals surface area contributed by atoms with Gasteiger partial charge in [-0.15, -0.1) is 11.8 Å². The lowest BCUT2D eigenvalue weighted by atomic mass is 10.1. The Bertz CT molecular complexity index is 572. The van der Waals surface area contributed by atoms with E-state index in [4.69, 9.17) is 0 Å². The van der Waals surface area contributed by atoms with Crippen LogP contribution in [0.3, 0.4) is 0 Å². The van der Waals surface area contributed by atoms with E-state index < -0.39 is 11.6 Å². The highest BCUT2D eigenvalue weighted by molar-refractivity contribution is 9.10. The second kappa shape index (κ2) is 7.20. The topological polar surface area (TPSA) is 12.0 Å². The molecule has 1 unspecified atom stereocenters. The lowest BCUT2D eigenvalue weighted by molar-refractivity contribution is 0.513. The number of thioether (sulfide) groups is 1. The number of hydrogen-bond donors (Lipinski definition) is 1. The summed E-state index contributed by atoms with van der Waals surface area (Å²) in [5.74, 6) is -0.483. The molecule has 2 aromatic rings. The van der Waals surface area contributed by atoms with E-state index in [1.165, 1.54) is 18.2 Å². The summed E-state index contributed by atoms with van der Waals surface area (Å²) in [5.41, 5.74) is 0.0949. The first kappa shape index (κ1) is 15.5. The first-order valence-corrected chi connectivity index (χ1v) is 7.89. The van der Waals surface area contributed by atoms with E-state index in [1.807, 2.05) is 24.3 Å². The summed E-state index contributed by atoms with van der Waals surface area (Å²) in [6, 6.07) is 11.4. The van der Waals surface area contributed by atoms with E-state index in [2.05, 4.69) is 21.2 Å². The molecule has 1 nitrogen and oxygen atoms in total. The van der Waals surface area contributed by atoms with Gasteiger partial charge in [-0.25, -0.2) is 8.78 Å². The van der Waals surface area contributed by atoms with Crippen LogP contribution in [0.2, 0.25) is 0 Å². The summed E-state index contributed by atoms with van der Waals surface area (Å²) in [4.78, 5) is 1.05. The van der Waals surface area contributed by atoms with Gasteiger partial charge in [0.1, 0.15) is 11.6 Å². The van der Waals surface area contributed by atoms with Gasteiger partial charge in [-0.2, -0.15) is 0 Å². The van der Waals surface area contributed by atoms with E-state index in [-0.39, 0.29) is 11.6 Å². The SMILES string of the molecule is CNC(CSc1cccc(Br)c1)c1c(F)cccc1F. The lowest BCUT2D eigenvalue weighted by Crippen LogP contribution is -2.21. The molecule has 1 atom stereocenters. The van der Waals surface area contributed by atoms with E-state index in [0.29, 0.717) is 5.75 Å². The van der Waals surface area contributed by atoms with Gasteiger partial charge in [-0.1, -0.05) is 28.1 Å². The Morgan fingerprint density at radius 2 is 1.80 bits per heavy atom. The van der Waals surface area contributed by atoms with Gasteiger partial charge in [0.25, 0.3) is 0 Å². The third-order valence-corrected chi connectivity index (χ3v) is 4.49. The summed E-state index contributed by atoms with van der Waals surface area (Å²) >= 11 is 4.96. The fourth-order valence-corrected chi connectivity index (χ4v) is 3.52. The molecule has 0 radical (unpaired) electrons. The Labute approximate surface area is 129 Å². The molecule has 0 aliphatic rings. The van der Waals surface area contributed by atoms with Gasteiger partial charge in [-0.3, -0.25) is 0 Å². The van der Waals surface area contributed by atoms with Gasteiger partial charge in [0.15, 0.2) is 0 Å². The van der Waals surface area contributed by atoms with Crippen LogP contribution in [0.1, 0.15) is 11.6 Å². The normalized spacial score (nSPS) is 12.4. The zero-order valence-corrected chi connectivity index (χ0v) is 13.3. The Morgan fingerprint density at radius 1 is 1.15 bits per heavy atom. The van der Waals surface area contributed by atoms with Crippen molar-refractivity contribution in [1.29, 1.82) is 0 Å². The summed E-state index contributed by atoms with van der Waals surface area (Å²) in [5, 5.41) is 2.97. The number of halogens is 3. The minimum absolute atomic E-state index is 0.0949. The molecule has 20 heavy (non-hydrogen) atoms. The highest BCUT2D eigenvalue weighted by Crippen LogP contribution is 2.28. The Kier molecular flexibility index (Phi) is 5.57. The van der Waals surface area contributed by atoms with Crippen molar-refractivity contribution in [1.82, 2.24) is 5.32 Å². The predicted octanol–water partition coefficient (Wildman–Crippen LogP) is 4.78. The average molecular weight is 358 g/mol. The molecule has 2 aromatic carbocycles. The van der Waals surface area contributed by atoms with Crippen LogP contribution in [-0.2, 0) is 0 Å². The number of nitrogens with one attached hydrogen (secondary N) is 1. The van der Waals surface area contributed by atoms with Crippen molar-refractivity contribution < 1.29 is 8.78 Å². The highest BCUT2D eigenvalue weighted by atomic mass is 79.9. The molecular formula is C15H14BrF2NS. The molecule has 5 heteroatoms. The van der Waals surface area contributed by atoms with Gasteiger partial charge < -0.3 is 5.32 Å². The smallest absolute Gasteiger partial charge is 0.130 e. The zero-order chi connectivity index (χ0) is 14.5. The second-order valence-electron chi connectivity index (χ2n) is 4.24. The van der Waals surface area contributed by atoms with Crippen molar-refractivity contribution in [3.05, 3.63) is 64.1 Å². The van der Waals surface area contributed by atoms with E-state index >= 15 is 0 Å². The fraction of sp³-hybridized carbons (Fsp3) is 0.200. The quantitative estimate of drug-likeness (QED) is 0.772. The predicted molar refractivity (Wildman–Crippen MR) is 83.0 cm³/mol. The summed E-state index contributed by atoms with van der Waals surface area (Å²) in [6.45, 7) is 0. The number of benzene rings is 2. The standard InChI is InChI=1S/C15H14BrF2NS/c1-19-14(15-12(17)6-3-7-13(15)18)9-20-11-5-2-4-10(16)8-11/h2-8,14,19H,9H2,1H3. The van der Waals surface area contributed by atoms with Gasteiger partial charge in [-0.05, 0) is 37.4 Å². The average Bonchev–Trinajstić information content (AvgIpc) is 2.42. The molecule has 106 valence electrons. The second-order valence-corrected chi connectivity index (χ2v) is 6.25. The summed E-state index contributed by atoms with van der Waals surface area (Å²) in [7, 11) is 1.71. The molecule has 0 saturated carbocycles. The first-order chi connectivity index (χ1) is 9.61. The first-order valence-electron chi connectivity index (χ1n) is 6.11. The third-order valence-electron chi connectivity index (χ3n) is 2.91. The number of hydrogen-bond acceptors (Lipinski definition) is 2. The van der Waals surface area contributed by atoms with E-state index in [1.54, 1.807) is 18.8 Å². The van der Waals surface area contributed by atoms with E-state index in [9.17, 15) is 8.78 Å². The molecule has 2 rings (SSSR count). The fourth-order valence-electron chi connectivity index (χ4n) is 1.89. The third kappa shape index (κ3) is 3.81. The maximum Gasteiger partial charge on any atom is 0.130 e.